The molecule has 2 fully saturated rings. The van der Waals surface area contributed by atoms with Crippen LogP contribution in [0, 0.1) is 0 Å². The first kappa shape index (κ1) is 21.2. The Morgan fingerprint density at radius 3 is 2.81 bits per heavy atom. The fourth-order valence-corrected chi connectivity index (χ4v) is 5.53. The van der Waals surface area contributed by atoms with Crippen molar-refractivity contribution in [2.24, 2.45) is 0 Å². The first-order chi connectivity index (χ1) is 17.7. The molecular formula is C27H25N7O2. The Morgan fingerprint density at radius 2 is 1.97 bits per heavy atom. The summed E-state index contributed by atoms with van der Waals surface area (Å²) in [5.41, 5.74) is 4.63. The number of aromatic nitrogens is 5. The lowest BCUT2D eigenvalue weighted by Gasteiger charge is -2.34. The number of pyridine rings is 2. The summed E-state index contributed by atoms with van der Waals surface area (Å²) in [4.78, 5) is 36.6. The summed E-state index contributed by atoms with van der Waals surface area (Å²) in [6.07, 6.45) is 8.98. The molecule has 1 atom stereocenters. The van der Waals surface area contributed by atoms with Crippen molar-refractivity contribution in [2.45, 2.75) is 31.2 Å². The van der Waals surface area contributed by atoms with Crippen LogP contribution in [0.4, 0.5) is 5.82 Å². The first-order valence-electron chi connectivity index (χ1n) is 12.4. The first-order valence-corrected chi connectivity index (χ1v) is 12.4. The molecule has 1 unspecified atom stereocenters. The van der Waals surface area contributed by atoms with Crippen molar-refractivity contribution in [3.8, 4) is 11.4 Å². The molecular weight excluding hydrogens is 454 g/mol. The van der Waals surface area contributed by atoms with Crippen molar-refractivity contribution in [3.63, 3.8) is 0 Å². The maximum absolute atomic E-state index is 11.8. The number of benzene rings is 1. The summed E-state index contributed by atoms with van der Waals surface area (Å²) in [6.45, 7) is 1.58. The van der Waals surface area contributed by atoms with E-state index in [1.807, 2.05) is 30.5 Å². The van der Waals surface area contributed by atoms with Gasteiger partial charge in [0.15, 0.2) is 5.82 Å². The Morgan fingerprint density at radius 1 is 1.08 bits per heavy atom. The minimum absolute atomic E-state index is 0.339. The Hall–Kier alpha value is -4.11. The maximum atomic E-state index is 11.8. The highest BCUT2D eigenvalue weighted by Gasteiger charge is 2.30. The Balaban J connectivity index is 1.48. The zero-order valence-electron chi connectivity index (χ0n) is 19.6. The fourth-order valence-electron chi connectivity index (χ4n) is 5.53. The van der Waals surface area contributed by atoms with E-state index < -0.39 is 12.0 Å². The van der Waals surface area contributed by atoms with Gasteiger partial charge < -0.3 is 20.3 Å². The predicted molar refractivity (Wildman–Crippen MR) is 138 cm³/mol. The van der Waals surface area contributed by atoms with Gasteiger partial charge in [0.25, 0.3) is 0 Å². The zero-order chi connectivity index (χ0) is 24.2. The zero-order valence-corrected chi connectivity index (χ0v) is 19.6. The van der Waals surface area contributed by atoms with Gasteiger partial charge in [-0.25, -0.2) is 15.0 Å². The van der Waals surface area contributed by atoms with Crippen LogP contribution < -0.4 is 10.2 Å². The normalized spacial score (nSPS) is 18.7. The van der Waals surface area contributed by atoms with Crippen molar-refractivity contribution in [1.82, 2.24) is 30.2 Å². The van der Waals surface area contributed by atoms with Crippen molar-refractivity contribution >= 4 is 44.6 Å². The number of carbonyl (C=O) groups is 1. The number of anilines is 1. The van der Waals surface area contributed by atoms with Gasteiger partial charge in [-0.3, -0.25) is 9.78 Å². The van der Waals surface area contributed by atoms with Gasteiger partial charge in [0, 0.05) is 59.3 Å². The van der Waals surface area contributed by atoms with Crippen LogP contribution in [-0.2, 0) is 4.79 Å². The van der Waals surface area contributed by atoms with Crippen LogP contribution in [0.2, 0.25) is 0 Å². The van der Waals surface area contributed by atoms with Gasteiger partial charge in [-0.1, -0.05) is 24.6 Å². The summed E-state index contributed by atoms with van der Waals surface area (Å²) < 4.78 is 0. The van der Waals surface area contributed by atoms with Gasteiger partial charge in [-0.2, -0.15) is 0 Å². The molecule has 9 heteroatoms. The van der Waals surface area contributed by atoms with Gasteiger partial charge in [0.05, 0.1) is 11.7 Å². The van der Waals surface area contributed by atoms with Crippen LogP contribution in [0.15, 0.2) is 48.9 Å². The monoisotopic (exact) mass is 479 g/mol. The quantitative estimate of drug-likeness (QED) is 0.356. The lowest BCUT2D eigenvalue weighted by Crippen LogP contribution is -2.54. The molecule has 1 saturated carbocycles. The number of rotatable bonds is 4. The van der Waals surface area contributed by atoms with Gasteiger partial charge in [0.1, 0.15) is 17.5 Å². The fraction of sp³-hybridized carbons (Fsp3) is 0.296. The van der Waals surface area contributed by atoms with E-state index in [9.17, 15) is 9.90 Å². The van der Waals surface area contributed by atoms with E-state index in [0.717, 1.165) is 62.6 Å². The Bertz CT molecular complexity index is 1640. The van der Waals surface area contributed by atoms with Crippen LogP contribution in [0.25, 0.3) is 44.2 Å². The average Bonchev–Trinajstić information content (AvgIpc) is 3.26. The van der Waals surface area contributed by atoms with Gasteiger partial charge in [-0.05, 0) is 36.5 Å². The van der Waals surface area contributed by atoms with Crippen molar-refractivity contribution in [1.29, 1.82) is 0 Å². The smallest absolute Gasteiger partial charge is 0.322 e. The summed E-state index contributed by atoms with van der Waals surface area (Å²) >= 11 is 0. The number of hydrogen-bond donors (Lipinski definition) is 3. The van der Waals surface area contributed by atoms with Crippen molar-refractivity contribution in [3.05, 3.63) is 54.5 Å². The molecule has 5 aromatic rings. The highest BCUT2D eigenvalue weighted by atomic mass is 16.4. The number of aromatic amines is 1. The van der Waals surface area contributed by atoms with Crippen molar-refractivity contribution < 1.29 is 9.90 Å². The molecule has 5 heterocycles. The van der Waals surface area contributed by atoms with E-state index in [4.69, 9.17) is 9.97 Å². The molecule has 1 saturated heterocycles. The number of nitrogens with zero attached hydrogens (tertiary/aromatic N) is 5. The number of piperazine rings is 1. The van der Waals surface area contributed by atoms with Crippen LogP contribution in [-0.4, -0.2) is 61.7 Å². The molecule has 1 aliphatic heterocycles. The highest BCUT2D eigenvalue weighted by molar-refractivity contribution is 6.12. The molecule has 4 aromatic heterocycles. The number of para-hydroxylation sites is 1. The Kier molecular flexibility index (Phi) is 4.85. The average molecular weight is 480 g/mol. The third kappa shape index (κ3) is 3.30. The molecule has 1 aromatic carbocycles. The molecule has 3 N–H and O–H groups in total. The van der Waals surface area contributed by atoms with E-state index in [1.54, 1.807) is 12.4 Å². The molecule has 7 rings (SSSR count). The lowest BCUT2D eigenvalue weighted by atomic mass is 9.79. The molecule has 36 heavy (non-hydrogen) atoms. The van der Waals surface area contributed by atoms with E-state index in [0.29, 0.717) is 31.4 Å². The minimum atomic E-state index is -0.853. The van der Waals surface area contributed by atoms with Gasteiger partial charge in [-0.15, -0.1) is 0 Å². The standard InChI is InChI=1S/C27H25N7O2/c35-27(36)21-14-34(11-10-29-21)26-23-18(15-4-3-5-15)12-28-13-20(23)32-24(33-26)17-8-9-30-25-22(17)16-6-1-2-7-19(16)31-25/h1-2,6-9,12-13,15,21,29H,3-5,10-11,14H2,(H,30,31)(H,35,36). The van der Waals surface area contributed by atoms with E-state index in [-0.39, 0.29) is 0 Å². The number of fused-ring (bicyclic) bond motifs is 4. The molecule has 0 amide bonds. The number of carboxylic acid groups (broad SMARTS) is 1. The summed E-state index contributed by atoms with van der Waals surface area (Å²) in [7, 11) is 0. The largest absolute Gasteiger partial charge is 0.480 e. The Labute approximate surface area is 206 Å². The van der Waals surface area contributed by atoms with Crippen LogP contribution in [0.1, 0.15) is 30.7 Å². The number of carboxylic acids is 1. The van der Waals surface area contributed by atoms with Crippen molar-refractivity contribution in [2.75, 3.05) is 24.5 Å². The van der Waals surface area contributed by atoms with Crippen LogP contribution >= 0.6 is 0 Å². The highest BCUT2D eigenvalue weighted by Crippen LogP contribution is 2.42. The second kappa shape index (κ2) is 8.23. The van der Waals surface area contributed by atoms with E-state index in [1.165, 1.54) is 6.42 Å². The molecule has 0 bridgehead atoms. The number of nitrogens with one attached hydrogen (secondary N) is 2. The second-order valence-electron chi connectivity index (χ2n) is 9.67. The predicted octanol–water partition coefficient (Wildman–Crippen LogP) is 3.85. The topological polar surface area (TPSA) is 120 Å². The summed E-state index contributed by atoms with van der Waals surface area (Å²) in [6, 6.07) is 9.43. The maximum Gasteiger partial charge on any atom is 0.322 e. The third-order valence-electron chi connectivity index (χ3n) is 7.58. The summed E-state index contributed by atoms with van der Waals surface area (Å²) in [5, 5.41) is 15.8. The van der Waals surface area contributed by atoms with E-state index >= 15 is 0 Å². The lowest BCUT2D eigenvalue weighted by molar-refractivity contribution is -0.139. The SMILES string of the molecule is O=C(O)C1CN(c2nc(-c3ccnc4[nH]c5ccccc5c34)nc3cncc(C4CCC4)c23)CCN1. The molecule has 1 aliphatic carbocycles. The number of aliphatic carboxylic acids is 1. The summed E-state index contributed by atoms with van der Waals surface area (Å²) in [5.74, 6) is 0.965. The molecule has 0 spiro atoms. The van der Waals surface area contributed by atoms with E-state index in [2.05, 4.69) is 31.2 Å². The number of H-pyrrole nitrogens is 1. The van der Waals surface area contributed by atoms with Gasteiger partial charge >= 0.3 is 5.97 Å². The second-order valence-corrected chi connectivity index (χ2v) is 9.67. The molecule has 2 aliphatic rings. The van der Waals surface area contributed by atoms with Gasteiger partial charge in [0.2, 0.25) is 0 Å². The third-order valence-corrected chi connectivity index (χ3v) is 7.58. The molecule has 180 valence electrons. The van der Waals surface area contributed by atoms with Crippen LogP contribution in [0.3, 0.4) is 0 Å². The molecule has 9 nitrogen and oxygen atoms in total. The number of hydrogen-bond acceptors (Lipinski definition) is 7. The minimum Gasteiger partial charge on any atom is -0.480 e. The van der Waals surface area contributed by atoms with Crippen LogP contribution in [0.5, 0.6) is 0 Å². The molecule has 0 radical (unpaired) electrons.